The monoisotopic (exact) mass is 333 g/mol. The molecule has 1 aliphatic carbocycles. The topological polar surface area (TPSA) is 64.6 Å². The molecule has 5 heteroatoms. The van der Waals surface area contributed by atoms with Crippen molar-refractivity contribution in [3.05, 3.63) is 35.9 Å². The molecule has 132 valence electrons. The summed E-state index contributed by atoms with van der Waals surface area (Å²) < 4.78 is 10.7. The number of amides is 1. The lowest BCUT2D eigenvalue weighted by Crippen LogP contribution is -2.41. The molecule has 1 aromatic rings. The summed E-state index contributed by atoms with van der Waals surface area (Å²) in [6, 6.07) is 9.74. The van der Waals surface area contributed by atoms with Gasteiger partial charge in [0.25, 0.3) is 0 Å². The molecule has 0 aromatic heterocycles. The van der Waals surface area contributed by atoms with Crippen LogP contribution in [-0.2, 0) is 20.9 Å². The molecule has 1 N–H and O–H groups in total. The van der Waals surface area contributed by atoms with E-state index in [1.54, 1.807) is 0 Å². The molecule has 0 unspecified atom stereocenters. The molecule has 0 spiro atoms. The molecule has 2 rings (SSSR count). The number of ether oxygens (including phenoxy) is 2. The third-order valence-corrected chi connectivity index (χ3v) is 4.01. The molecule has 1 amide bonds. The Kier molecular flexibility index (Phi) is 6.23. The molecule has 0 atom stereocenters. The van der Waals surface area contributed by atoms with Crippen LogP contribution in [0.15, 0.2) is 30.3 Å². The molecular formula is C19H27NO4. The van der Waals surface area contributed by atoms with Crippen LogP contribution in [0, 0.1) is 5.92 Å². The van der Waals surface area contributed by atoms with E-state index in [0.717, 1.165) is 31.2 Å². The summed E-state index contributed by atoms with van der Waals surface area (Å²) in [6.45, 7) is 5.83. The van der Waals surface area contributed by atoms with Gasteiger partial charge in [-0.3, -0.25) is 4.79 Å². The van der Waals surface area contributed by atoms with Crippen LogP contribution in [0.3, 0.4) is 0 Å². The molecule has 0 bridgehead atoms. The van der Waals surface area contributed by atoms with Crippen molar-refractivity contribution in [3.63, 3.8) is 0 Å². The Morgan fingerprint density at radius 1 is 1.08 bits per heavy atom. The number of hydrogen-bond donors (Lipinski definition) is 1. The zero-order chi connectivity index (χ0) is 17.6. The molecule has 0 saturated heterocycles. The van der Waals surface area contributed by atoms with Gasteiger partial charge in [0.15, 0.2) is 0 Å². The van der Waals surface area contributed by atoms with E-state index in [9.17, 15) is 9.59 Å². The predicted molar refractivity (Wildman–Crippen MR) is 91.4 cm³/mol. The predicted octanol–water partition coefficient (Wildman–Crippen LogP) is 3.81. The van der Waals surface area contributed by atoms with Gasteiger partial charge in [-0.1, -0.05) is 30.3 Å². The van der Waals surface area contributed by atoms with Crippen molar-refractivity contribution in [2.45, 2.75) is 64.7 Å². The molecule has 0 aliphatic heterocycles. The third kappa shape index (κ3) is 6.22. The Hall–Kier alpha value is -2.04. The van der Waals surface area contributed by atoms with E-state index in [1.807, 2.05) is 51.1 Å². The van der Waals surface area contributed by atoms with Crippen LogP contribution >= 0.6 is 0 Å². The zero-order valence-corrected chi connectivity index (χ0v) is 14.7. The van der Waals surface area contributed by atoms with Crippen LogP contribution in [0.4, 0.5) is 4.79 Å². The molecule has 5 nitrogen and oxygen atoms in total. The normalized spacial score (nSPS) is 21.0. The van der Waals surface area contributed by atoms with Gasteiger partial charge < -0.3 is 14.8 Å². The number of benzene rings is 1. The molecule has 1 aromatic carbocycles. The first-order valence-corrected chi connectivity index (χ1v) is 8.53. The van der Waals surface area contributed by atoms with E-state index in [2.05, 4.69) is 5.32 Å². The van der Waals surface area contributed by atoms with Crippen LogP contribution in [-0.4, -0.2) is 23.7 Å². The van der Waals surface area contributed by atoms with E-state index in [-0.39, 0.29) is 17.9 Å². The Balaban J connectivity index is 1.70. The number of esters is 1. The van der Waals surface area contributed by atoms with E-state index in [4.69, 9.17) is 9.47 Å². The fraction of sp³-hybridized carbons (Fsp3) is 0.579. The average Bonchev–Trinajstić information content (AvgIpc) is 2.52. The second kappa shape index (κ2) is 8.18. The van der Waals surface area contributed by atoms with Gasteiger partial charge in [-0.15, -0.1) is 0 Å². The molecular weight excluding hydrogens is 306 g/mol. The lowest BCUT2D eigenvalue weighted by atomic mass is 9.86. The smallest absolute Gasteiger partial charge is 0.407 e. The SMILES string of the molecule is CC(C)(C)OC(=O)N[C@H]1CC[C@@H](C(=O)OCc2ccccc2)CC1. The average molecular weight is 333 g/mol. The summed E-state index contributed by atoms with van der Waals surface area (Å²) in [4.78, 5) is 23.9. The molecule has 1 aliphatic rings. The quantitative estimate of drug-likeness (QED) is 0.851. The molecule has 0 heterocycles. The maximum Gasteiger partial charge on any atom is 0.407 e. The minimum absolute atomic E-state index is 0.0676. The van der Waals surface area contributed by atoms with Gasteiger partial charge in [-0.05, 0) is 52.0 Å². The Morgan fingerprint density at radius 3 is 2.29 bits per heavy atom. The maximum absolute atomic E-state index is 12.2. The van der Waals surface area contributed by atoms with Crippen LogP contribution in [0.1, 0.15) is 52.0 Å². The minimum Gasteiger partial charge on any atom is -0.461 e. The van der Waals surface area contributed by atoms with Gasteiger partial charge in [-0.2, -0.15) is 0 Å². The lowest BCUT2D eigenvalue weighted by molar-refractivity contribution is -0.151. The zero-order valence-electron chi connectivity index (χ0n) is 14.7. The standard InChI is InChI=1S/C19H27NO4/c1-19(2,3)24-18(22)20-16-11-9-15(10-12-16)17(21)23-13-14-7-5-4-6-8-14/h4-8,15-16H,9-13H2,1-3H3,(H,20,22)/t15-,16+. The van der Waals surface area contributed by atoms with Gasteiger partial charge in [0.2, 0.25) is 0 Å². The molecule has 0 radical (unpaired) electrons. The Bertz CT molecular complexity index is 542. The van der Waals surface area contributed by atoms with Crippen molar-refractivity contribution in [2.24, 2.45) is 5.92 Å². The van der Waals surface area contributed by atoms with Crippen LogP contribution in [0.2, 0.25) is 0 Å². The second-order valence-corrected chi connectivity index (χ2v) is 7.29. The molecule has 1 fully saturated rings. The number of rotatable bonds is 4. The van der Waals surface area contributed by atoms with Crippen LogP contribution in [0.5, 0.6) is 0 Å². The highest BCUT2D eigenvalue weighted by Crippen LogP contribution is 2.26. The number of hydrogen-bond acceptors (Lipinski definition) is 4. The van der Waals surface area contributed by atoms with E-state index < -0.39 is 11.7 Å². The van der Waals surface area contributed by atoms with Gasteiger partial charge in [0.05, 0.1) is 5.92 Å². The van der Waals surface area contributed by atoms with Gasteiger partial charge in [0.1, 0.15) is 12.2 Å². The fourth-order valence-electron chi connectivity index (χ4n) is 2.79. The largest absolute Gasteiger partial charge is 0.461 e. The summed E-state index contributed by atoms with van der Waals surface area (Å²) in [5.41, 5.74) is 0.494. The van der Waals surface area contributed by atoms with Crippen molar-refractivity contribution in [1.29, 1.82) is 0 Å². The summed E-state index contributed by atoms with van der Waals surface area (Å²) in [5.74, 6) is -0.222. The molecule has 1 saturated carbocycles. The summed E-state index contributed by atoms with van der Waals surface area (Å²) in [7, 11) is 0. The molecule has 24 heavy (non-hydrogen) atoms. The first kappa shape index (κ1) is 18.3. The van der Waals surface area contributed by atoms with Crippen molar-refractivity contribution in [2.75, 3.05) is 0 Å². The van der Waals surface area contributed by atoms with Gasteiger partial charge in [0, 0.05) is 6.04 Å². The minimum atomic E-state index is -0.497. The van der Waals surface area contributed by atoms with E-state index in [1.165, 1.54) is 0 Å². The highest BCUT2D eigenvalue weighted by Gasteiger charge is 2.29. The number of alkyl carbamates (subject to hydrolysis) is 1. The van der Waals surface area contributed by atoms with Gasteiger partial charge in [-0.25, -0.2) is 4.79 Å². The van der Waals surface area contributed by atoms with Crippen LogP contribution < -0.4 is 5.32 Å². The maximum atomic E-state index is 12.2. The highest BCUT2D eigenvalue weighted by molar-refractivity contribution is 5.72. The van der Waals surface area contributed by atoms with Crippen molar-refractivity contribution in [3.8, 4) is 0 Å². The van der Waals surface area contributed by atoms with Crippen LogP contribution in [0.25, 0.3) is 0 Å². The second-order valence-electron chi connectivity index (χ2n) is 7.29. The summed E-state index contributed by atoms with van der Waals surface area (Å²) in [5, 5.41) is 2.88. The summed E-state index contributed by atoms with van der Waals surface area (Å²) in [6.07, 6.45) is 2.61. The van der Waals surface area contributed by atoms with Crippen molar-refractivity contribution in [1.82, 2.24) is 5.32 Å². The van der Waals surface area contributed by atoms with E-state index in [0.29, 0.717) is 6.61 Å². The highest BCUT2D eigenvalue weighted by atomic mass is 16.6. The number of nitrogens with one attached hydrogen (secondary N) is 1. The number of carbonyl (C=O) groups is 2. The summed E-state index contributed by atoms with van der Waals surface area (Å²) >= 11 is 0. The number of carbonyl (C=O) groups excluding carboxylic acids is 2. The first-order chi connectivity index (χ1) is 11.3. The third-order valence-electron chi connectivity index (χ3n) is 4.01. The Morgan fingerprint density at radius 2 is 1.71 bits per heavy atom. The van der Waals surface area contributed by atoms with E-state index >= 15 is 0 Å². The van der Waals surface area contributed by atoms with Gasteiger partial charge >= 0.3 is 12.1 Å². The Labute approximate surface area is 143 Å². The van der Waals surface area contributed by atoms with Crippen molar-refractivity contribution < 1.29 is 19.1 Å². The fourth-order valence-corrected chi connectivity index (χ4v) is 2.79. The lowest BCUT2D eigenvalue weighted by Gasteiger charge is -2.29. The first-order valence-electron chi connectivity index (χ1n) is 8.53. The van der Waals surface area contributed by atoms with Crippen molar-refractivity contribution >= 4 is 12.1 Å².